The molecule has 3 aliphatic rings. The third-order valence-corrected chi connectivity index (χ3v) is 9.26. The van der Waals surface area contributed by atoms with Gasteiger partial charge in [0.25, 0.3) is 0 Å². The van der Waals surface area contributed by atoms with Crippen LogP contribution >= 0.6 is 11.3 Å². The van der Waals surface area contributed by atoms with Crippen molar-refractivity contribution in [1.82, 2.24) is 14.9 Å². The van der Waals surface area contributed by atoms with E-state index in [-0.39, 0.29) is 0 Å². The van der Waals surface area contributed by atoms with Crippen molar-refractivity contribution in [2.75, 3.05) is 31.1 Å². The summed E-state index contributed by atoms with van der Waals surface area (Å²) in [4.78, 5) is 30.3. The van der Waals surface area contributed by atoms with Crippen molar-refractivity contribution in [2.45, 2.75) is 90.9 Å². The SMILES string of the molecule is CCCCc1nc(N2CCN(C(=O)CCC3CCCC3)CC2)c2c3c(sc2n1)CC(C)CC3. The molecule has 5 rings (SSSR count). The zero-order valence-electron chi connectivity index (χ0n) is 20.6. The molecule has 180 valence electrons. The molecule has 1 saturated carbocycles. The van der Waals surface area contributed by atoms with Crippen molar-refractivity contribution in [2.24, 2.45) is 11.8 Å². The summed E-state index contributed by atoms with van der Waals surface area (Å²) in [5.74, 6) is 4.07. The van der Waals surface area contributed by atoms with Crippen LogP contribution in [0.25, 0.3) is 10.2 Å². The topological polar surface area (TPSA) is 49.3 Å². The van der Waals surface area contributed by atoms with Crippen LogP contribution in [-0.4, -0.2) is 47.0 Å². The van der Waals surface area contributed by atoms with Gasteiger partial charge in [-0.15, -0.1) is 11.3 Å². The molecule has 0 bridgehead atoms. The fraction of sp³-hybridized carbons (Fsp3) is 0.741. The minimum atomic E-state index is 0.361. The Hall–Kier alpha value is -1.69. The van der Waals surface area contributed by atoms with E-state index in [4.69, 9.17) is 9.97 Å². The van der Waals surface area contributed by atoms with Gasteiger partial charge in [-0.1, -0.05) is 46.0 Å². The van der Waals surface area contributed by atoms with Gasteiger partial charge in [0.2, 0.25) is 5.91 Å². The summed E-state index contributed by atoms with van der Waals surface area (Å²) >= 11 is 1.91. The lowest BCUT2D eigenvalue weighted by Gasteiger charge is -2.36. The Balaban J connectivity index is 1.32. The normalized spacial score (nSPS) is 21.7. The largest absolute Gasteiger partial charge is 0.352 e. The molecule has 1 atom stereocenters. The molecule has 0 radical (unpaired) electrons. The highest BCUT2D eigenvalue weighted by molar-refractivity contribution is 7.19. The predicted octanol–water partition coefficient (Wildman–Crippen LogP) is 5.78. The maximum atomic E-state index is 12.8. The molecular weight excluding hydrogens is 428 g/mol. The first-order chi connectivity index (χ1) is 16.1. The van der Waals surface area contributed by atoms with E-state index in [1.807, 2.05) is 11.3 Å². The van der Waals surface area contributed by atoms with Gasteiger partial charge < -0.3 is 9.80 Å². The van der Waals surface area contributed by atoms with Crippen LogP contribution in [0.3, 0.4) is 0 Å². The molecule has 33 heavy (non-hydrogen) atoms. The highest BCUT2D eigenvalue weighted by Crippen LogP contribution is 2.41. The second kappa shape index (κ2) is 10.3. The zero-order chi connectivity index (χ0) is 22.8. The van der Waals surface area contributed by atoms with Crippen molar-refractivity contribution >= 4 is 33.3 Å². The van der Waals surface area contributed by atoms with E-state index >= 15 is 0 Å². The van der Waals surface area contributed by atoms with E-state index in [1.165, 1.54) is 59.2 Å². The fourth-order valence-corrected chi connectivity index (χ4v) is 7.39. The summed E-state index contributed by atoms with van der Waals surface area (Å²) in [5, 5.41) is 1.32. The number of piperazine rings is 1. The molecule has 3 heterocycles. The van der Waals surface area contributed by atoms with Gasteiger partial charge in [-0.05, 0) is 49.5 Å². The van der Waals surface area contributed by atoms with Gasteiger partial charge in [0, 0.05) is 43.9 Å². The van der Waals surface area contributed by atoms with E-state index in [0.29, 0.717) is 5.91 Å². The predicted molar refractivity (Wildman–Crippen MR) is 137 cm³/mol. The smallest absolute Gasteiger partial charge is 0.222 e. The molecule has 0 spiro atoms. The number of carbonyl (C=O) groups is 1. The molecular formula is C27H40N4OS. The molecule has 1 amide bonds. The van der Waals surface area contributed by atoms with Crippen molar-refractivity contribution < 1.29 is 4.79 Å². The number of hydrogen-bond acceptors (Lipinski definition) is 5. The molecule has 1 aliphatic heterocycles. The van der Waals surface area contributed by atoms with Gasteiger partial charge in [0.1, 0.15) is 16.5 Å². The number of thiophene rings is 1. The lowest BCUT2D eigenvalue weighted by molar-refractivity contribution is -0.131. The molecule has 2 aliphatic carbocycles. The lowest BCUT2D eigenvalue weighted by atomic mass is 9.89. The summed E-state index contributed by atoms with van der Waals surface area (Å²) in [6.07, 6.45) is 14.1. The van der Waals surface area contributed by atoms with E-state index in [2.05, 4.69) is 23.6 Å². The molecule has 0 aromatic carbocycles. The summed E-state index contributed by atoms with van der Waals surface area (Å²) < 4.78 is 0. The monoisotopic (exact) mass is 468 g/mol. The van der Waals surface area contributed by atoms with Gasteiger partial charge in [-0.2, -0.15) is 0 Å². The molecule has 2 fully saturated rings. The average Bonchev–Trinajstić information content (AvgIpc) is 3.48. The second-order valence-electron chi connectivity index (χ2n) is 10.7. The summed E-state index contributed by atoms with van der Waals surface area (Å²) in [6.45, 7) is 8.01. The van der Waals surface area contributed by atoms with Gasteiger partial charge >= 0.3 is 0 Å². The molecule has 1 saturated heterocycles. The second-order valence-corrected chi connectivity index (χ2v) is 11.7. The number of amides is 1. The maximum absolute atomic E-state index is 12.8. The number of hydrogen-bond donors (Lipinski definition) is 0. The van der Waals surface area contributed by atoms with Gasteiger partial charge in [-0.25, -0.2) is 9.97 Å². The Kier molecular flexibility index (Phi) is 7.19. The Labute approximate surface area is 203 Å². The number of anilines is 1. The number of aromatic nitrogens is 2. The number of nitrogens with zero attached hydrogens (tertiary/aromatic N) is 4. The van der Waals surface area contributed by atoms with Crippen LogP contribution in [0.15, 0.2) is 0 Å². The zero-order valence-corrected chi connectivity index (χ0v) is 21.4. The molecule has 2 aromatic heterocycles. The first-order valence-corrected chi connectivity index (χ1v) is 14.3. The Morgan fingerprint density at radius 3 is 2.64 bits per heavy atom. The Morgan fingerprint density at radius 1 is 1.09 bits per heavy atom. The Bertz CT molecular complexity index is 972. The molecule has 6 heteroatoms. The van der Waals surface area contributed by atoms with E-state index in [0.717, 1.165) is 88.2 Å². The number of fused-ring (bicyclic) bond motifs is 3. The van der Waals surface area contributed by atoms with Crippen LogP contribution in [0.4, 0.5) is 5.82 Å². The third kappa shape index (κ3) is 5.06. The minimum Gasteiger partial charge on any atom is -0.352 e. The minimum absolute atomic E-state index is 0.361. The highest BCUT2D eigenvalue weighted by Gasteiger charge is 2.29. The van der Waals surface area contributed by atoms with Crippen molar-refractivity contribution in [3.8, 4) is 0 Å². The van der Waals surface area contributed by atoms with Crippen LogP contribution in [0.1, 0.15) is 87.9 Å². The lowest BCUT2D eigenvalue weighted by Crippen LogP contribution is -2.49. The number of rotatable bonds is 7. The quantitative estimate of drug-likeness (QED) is 0.517. The first kappa shape index (κ1) is 23.1. The van der Waals surface area contributed by atoms with Crippen LogP contribution in [-0.2, 0) is 24.1 Å². The molecule has 5 nitrogen and oxygen atoms in total. The summed E-state index contributed by atoms with van der Waals surface area (Å²) in [6, 6.07) is 0. The third-order valence-electron chi connectivity index (χ3n) is 8.11. The molecule has 1 unspecified atom stereocenters. The van der Waals surface area contributed by atoms with Gasteiger partial charge in [0.15, 0.2) is 0 Å². The molecule has 2 aromatic rings. The first-order valence-electron chi connectivity index (χ1n) is 13.5. The van der Waals surface area contributed by atoms with Crippen molar-refractivity contribution in [3.05, 3.63) is 16.3 Å². The Morgan fingerprint density at radius 2 is 1.88 bits per heavy atom. The highest BCUT2D eigenvalue weighted by atomic mass is 32.1. The summed E-state index contributed by atoms with van der Waals surface area (Å²) in [5.41, 5.74) is 1.51. The van der Waals surface area contributed by atoms with E-state index in [9.17, 15) is 4.79 Å². The number of aryl methyl sites for hydroxylation is 2. The van der Waals surface area contributed by atoms with Crippen molar-refractivity contribution in [3.63, 3.8) is 0 Å². The maximum Gasteiger partial charge on any atom is 0.222 e. The molecule has 0 N–H and O–H groups in total. The fourth-order valence-electron chi connectivity index (χ4n) is 5.99. The number of carbonyl (C=O) groups excluding carboxylic acids is 1. The van der Waals surface area contributed by atoms with Gasteiger partial charge in [-0.3, -0.25) is 4.79 Å². The van der Waals surface area contributed by atoms with Crippen molar-refractivity contribution in [1.29, 1.82) is 0 Å². The van der Waals surface area contributed by atoms with E-state index < -0.39 is 0 Å². The number of unbranched alkanes of at least 4 members (excludes halogenated alkanes) is 1. The van der Waals surface area contributed by atoms with Crippen LogP contribution in [0.2, 0.25) is 0 Å². The van der Waals surface area contributed by atoms with Crippen LogP contribution < -0.4 is 4.90 Å². The van der Waals surface area contributed by atoms with E-state index in [1.54, 1.807) is 0 Å². The van der Waals surface area contributed by atoms with Crippen LogP contribution in [0, 0.1) is 11.8 Å². The summed E-state index contributed by atoms with van der Waals surface area (Å²) in [7, 11) is 0. The van der Waals surface area contributed by atoms with Crippen LogP contribution in [0.5, 0.6) is 0 Å². The average molecular weight is 469 g/mol. The standard InChI is InChI=1S/C27H40N4OS/c1-3-4-9-23-28-26(25-21-12-10-19(2)18-22(21)33-27(25)29-23)31-16-14-30(15-17-31)24(32)13-11-20-7-5-6-8-20/h19-20H,3-18H2,1-2H3. The van der Waals surface area contributed by atoms with Gasteiger partial charge in [0.05, 0.1) is 5.39 Å².